The Kier molecular flexibility index (Phi) is 6.27. The number of aryl methyl sites for hydroxylation is 5. The van der Waals surface area contributed by atoms with Gasteiger partial charge in [-0.05, 0) is 74.6 Å². The first-order chi connectivity index (χ1) is 12.6. The highest BCUT2D eigenvalue weighted by molar-refractivity contribution is 5.30. The van der Waals surface area contributed by atoms with E-state index >= 15 is 0 Å². The van der Waals surface area contributed by atoms with Gasteiger partial charge in [0, 0.05) is 18.9 Å². The first-order valence-corrected chi connectivity index (χ1v) is 9.68. The van der Waals surface area contributed by atoms with E-state index in [2.05, 4.69) is 79.0 Å². The molecular weight excluding hydrogens is 316 g/mol. The molecule has 3 rings (SSSR count). The van der Waals surface area contributed by atoms with Crippen molar-refractivity contribution in [3.05, 3.63) is 89.0 Å². The average Bonchev–Trinajstić information content (AvgIpc) is 3.13. The molecule has 1 heterocycles. The second-order valence-electron chi connectivity index (χ2n) is 7.56. The molecule has 0 N–H and O–H groups in total. The van der Waals surface area contributed by atoms with Crippen LogP contribution in [0, 0.1) is 26.7 Å². The van der Waals surface area contributed by atoms with Crippen molar-refractivity contribution in [3.8, 4) is 0 Å². The van der Waals surface area contributed by atoms with Gasteiger partial charge >= 0.3 is 0 Å². The van der Waals surface area contributed by atoms with E-state index in [1.165, 1.54) is 40.7 Å². The molecule has 2 heteroatoms. The summed E-state index contributed by atoms with van der Waals surface area (Å²) in [5.74, 6) is 0.657. The van der Waals surface area contributed by atoms with Crippen molar-refractivity contribution >= 4 is 0 Å². The van der Waals surface area contributed by atoms with Gasteiger partial charge in [0.05, 0.1) is 6.33 Å². The maximum Gasteiger partial charge on any atom is 0.0945 e. The van der Waals surface area contributed by atoms with Gasteiger partial charge in [0.25, 0.3) is 0 Å². The SMILES string of the molecule is Cc1ccc(CCC(CCc2ccccc2C)Cn2ccnc2)c(C)c1. The Hall–Kier alpha value is -2.35. The quantitative estimate of drug-likeness (QED) is 0.512. The molecule has 0 bridgehead atoms. The van der Waals surface area contributed by atoms with Crippen molar-refractivity contribution in [2.75, 3.05) is 0 Å². The summed E-state index contributed by atoms with van der Waals surface area (Å²) in [6.07, 6.45) is 10.6. The van der Waals surface area contributed by atoms with Gasteiger partial charge in [0.1, 0.15) is 0 Å². The third-order valence-electron chi connectivity index (χ3n) is 5.43. The molecule has 3 aromatic rings. The predicted molar refractivity (Wildman–Crippen MR) is 109 cm³/mol. The lowest BCUT2D eigenvalue weighted by atomic mass is 9.90. The van der Waals surface area contributed by atoms with Gasteiger partial charge in [-0.3, -0.25) is 0 Å². The zero-order valence-corrected chi connectivity index (χ0v) is 16.3. The first-order valence-electron chi connectivity index (χ1n) is 9.68. The predicted octanol–water partition coefficient (Wildman–Crippen LogP) is 5.69. The molecule has 0 aliphatic heterocycles. The maximum atomic E-state index is 4.21. The normalized spacial score (nSPS) is 12.3. The van der Waals surface area contributed by atoms with Crippen LogP contribution in [-0.2, 0) is 19.4 Å². The van der Waals surface area contributed by atoms with Gasteiger partial charge in [-0.2, -0.15) is 0 Å². The van der Waals surface area contributed by atoms with E-state index in [0.29, 0.717) is 5.92 Å². The minimum Gasteiger partial charge on any atom is -0.337 e. The number of hydrogen-bond acceptors (Lipinski definition) is 1. The van der Waals surface area contributed by atoms with Crippen LogP contribution in [0.4, 0.5) is 0 Å². The summed E-state index contributed by atoms with van der Waals surface area (Å²) in [7, 11) is 0. The lowest BCUT2D eigenvalue weighted by Gasteiger charge is -2.19. The van der Waals surface area contributed by atoms with Crippen molar-refractivity contribution in [2.24, 2.45) is 5.92 Å². The van der Waals surface area contributed by atoms with Gasteiger partial charge in [-0.15, -0.1) is 0 Å². The first kappa shape index (κ1) is 18.4. The molecule has 1 atom stereocenters. The van der Waals surface area contributed by atoms with E-state index in [4.69, 9.17) is 0 Å². The van der Waals surface area contributed by atoms with Crippen LogP contribution in [0.1, 0.15) is 40.7 Å². The smallest absolute Gasteiger partial charge is 0.0945 e. The van der Waals surface area contributed by atoms with Crippen molar-refractivity contribution in [1.82, 2.24) is 9.55 Å². The Bertz CT molecular complexity index is 818. The van der Waals surface area contributed by atoms with E-state index in [1.54, 1.807) is 0 Å². The molecule has 26 heavy (non-hydrogen) atoms. The topological polar surface area (TPSA) is 17.8 Å². The monoisotopic (exact) mass is 346 g/mol. The Labute approximate surface area is 157 Å². The van der Waals surface area contributed by atoms with Gasteiger partial charge < -0.3 is 4.57 Å². The number of nitrogens with zero attached hydrogens (tertiary/aromatic N) is 2. The van der Waals surface area contributed by atoms with Crippen molar-refractivity contribution < 1.29 is 0 Å². The van der Waals surface area contributed by atoms with Crippen LogP contribution in [0.3, 0.4) is 0 Å². The molecule has 136 valence electrons. The molecule has 1 aromatic heterocycles. The highest BCUT2D eigenvalue weighted by atomic mass is 15.0. The number of rotatable bonds is 8. The Balaban J connectivity index is 1.65. The summed E-state index contributed by atoms with van der Waals surface area (Å²) < 4.78 is 2.23. The molecule has 0 aliphatic rings. The van der Waals surface area contributed by atoms with Crippen LogP contribution in [0.2, 0.25) is 0 Å². The molecule has 0 radical (unpaired) electrons. The van der Waals surface area contributed by atoms with Crippen LogP contribution < -0.4 is 0 Å². The van der Waals surface area contributed by atoms with E-state index in [0.717, 1.165) is 19.4 Å². The van der Waals surface area contributed by atoms with Gasteiger partial charge in [0.15, 0.2) is 0 Å². The number of imidazole rings is 1. The van der Waals surface area contributed by atoms with Crippen molar-refractivity contribution in [2.45, 2.75) is 53.0 Å². The lowest BCUT2D eigenvalue weighted by Crippen LogP contribution is -2.12. The number of aromatic nitrogens is 2. The van der Waals surface area contributed by atoms with Gasteiger partial charge in [0.2, 0.25) is 0 Å². The molecule has 0 spiro atoms. The van der Waals surface area contributed by atoms with Crippen LogP contribution in [0.5, 0.6) is 0 Å². The Morgan fingerprint density at radius 1 is 0.885 bits per heavy atom. The minimum atomic E-state index is 0.657. The third-order valence-corrected chi connectivity index (χ3v) is 5.43. The second-order valence-corrected chi connectivity index (χ2v) is 7.56. The molecule has 2 aromatic carbocycles. The highest BCUT2D eigenvalue weighted by Gasteiger charge is 2.12. The molecule has 0 aliphatic carbocycles. The highest BCUT2D eigenvalue weighted by Crippen LogP contribution is 2.21. The molecule has 0 amide bonds. The summed E-state index contributed by atoms with van der Waals surface area (Å²) in [6, 6.07) is 15.6. The molecule has 0 saturated carbocycles. The summed E-state index contributed by atoms with van der Waals surface area (Å²) >= 11 is 0. The zero-order valence-electron chi connectivity index (χ0n) is 16.3. The summed E-state index contributed by atoms with van der Waals surface area (Å²) in [4.78, 5) is 4.21. The Morgan fingerprint density at radius 2 is 1.62 bits per heavy atom. The largest absolute Gasteiger partial charge is 0.337 e. The Morgan fingerprint density at radius 3 is 2.27 bits per heavy atom. The maximum absolute atomic E-state index is 4.21. The van der Waals surface area contributed by atoms with Crippen molar-refractivity contribution in [1.29, 1.82) is 0 Å². The van der Waals surface area contributed by atoms with Gasteiger partial charge in [-0.1, -0.05) is 48.0 Å². The summed E-state index contributed by atoms with van der Waals surface area (Å²) in [5.41, 5.74) is 7.14. The fourth-order valence-electron chi connectivity index (χ4n) is 3.76. The van der Waals surface area contributed by atoms with E-state index in [9.17, 15) is 0 Å². The molecular formula is C24H30N2. The van der Waals surface area contributed by atoms with Crippen LogP contribution in [0.15, 0.2) is 61.2 Å². The van der Waals surface area contributed by atoms with Crippen LogP contribution in [0.25, 0.3) is 0 Å². The number of benzene rings is 2. The zero-order chi connectivity index (χ0) is 18.4. The van der Waals surface area contributed by atoms with E-state index in [1.807, 2.05) is 12.5 Å². The molecule has 0 fully saturated rings. The van der Waals surface area contributed by atoms with Gasteiger partial charge in [-0.25, -0.2) is 4.98 Å². The minimum absolute atomic E-state index is 0.657. The number of hydrogen-bond donors (Lipinski definition) is 0. The average molecular weight is 347 g/mol. The fraction of sp³-hybridized carbons (Fsp3) is 0.375. The van der Waals surface area contributed by atoms with E-state index < -0.39 is 0 Å². The van der Waals surface area contributed by atoms with E-state index in [-0.39, 0.29) is 0 Å². The second kappa shape index (κ2) is 8.84. The third kappa shape index (κ3) is 5.08. The van der Waals surface area contributed by atoms with Crippen LogP contribution in [-0.4, -0.2) is 9.55 Å². The van der Waals surface area contributed by atoms with Crippen molar-refractivity contribution in [3.63, 3.8) is 0 Å². The molecule has 1 unspecified atom stereocenters. The molecule has 0 saturated heterocycles. The summed E-state index contributed by atoms with van der Waals surface area (Å²) in [6.45, 7) is 7.67. The van der Waals surface area contributed by atoms with Crippen LogP contribution >= 0.6 is 0 Å². The lowest BCUT2D eigenvalue weighted by molar-refractivity contribution is 0.388. The standard InChI is InChI=1S/C24H30N2/c1-19-8-11-24(21(3)16-19)13-10-22(17-26-15-14-25-18-26)9-12-23-7-5-4-6-20(23)2/h4-8,11,14-16,18,22H,9-10,12-13,17H2,1-3H3. The summed E-state index contributed by atoms with van der Waals surface area (Å²) in [5, 5.41) is 0. The molecule has 2 nitrogen and oxygen atoms in total. The fourth-order valence-corrected chi connectivity index (χ4v) is 3.76.